The fourth-order valence-electron chi connectivity index (χ4n) is 1.98. The highest BCUT2D eigenvalue weighted by Gasteiger charge is 2.39. The Balaban J connectivity index is 2.22. The fourth-order valence-corrected chi connectivity index (χ4v) is 3.13. The molecule has 1 aromatic carbocycles. The Morgan fingerprint density at radius 3 is 2.73 bits per heavy atom. The fraction of sp³-hybridized carbons (Fsp3) is 0.385. The molecule has 0 aromatic heterocycles. The molecule has 1 aromatic rings. The molecule has 5 nitrogen and oxygen atoms in total. The first-order valence-corrected chi connectivity index (χ1v) is 7.21. The Morgan fingerprint density at radius 1 is 1.45 bits per heavy atom. The first-order chi connectivity index (χ1) is 10.3. The molecule has 1 unspecified atom stereocenters. The molecule has 1 saturated heterocycles. The molecule has 0 N–H and O–H groups in total. The van der Waals surface area contributed by atoms with Crippen molar-refractivity contribution in [2.75, 3.05) is 24.9 Å². The van der Waals surface area contributed by atoms with Crippen LogP contribution in [-0.2, 0) is 15.7 Å². The molecule has 2 rings (SSSR count). The first-order valence-electron chi connectivity index (χ1n) is 6.16. The summed E-state index contributed by atoms with van der Waals surface area (Å²) in [5.41, 5.74) is -0.680. The lowest BCUT2D eigenvalue weighted by Gasteiger charge is -2.22. The van der Waals surface area contributed by atoms with E-state index in [1.54, 1.807) is 0 Å². The number of anilines is 1. The zero-order valence-corrected chi connectivity index (χ0v) is 12.6. The van der Waals surface area contributed by atoms with Gasteiger partial charge in [0.05, 0.1) is 18.6 Å². The molecule has 0 saturated carbocycles. The summed E-state index contributed by atoms with van der Waals surface area (Å²) in [7, 11) is 2.59. The number of likely N-dealkylation sites (N-methyl/N-ethyl adjacent to an activating group) is 1. The smallest absolute Gasteiger partial charge is 0.416 e. The maximum absolute atomic E-state index is 12.7. The van der Waals surface area contributed by atoms with Crippen molar-refractivity contribution >= 4 is 29.4 Å². The summed E-state index contributed by atoms with van der Waals surface area (Å²) in [6, 6.07) is 4.52. The van der Waals surface area contributed by atoms with Gasteiger partial charge in [0.2, 0.25) is 0 Å². The summed E-state index contributed by atoms with van der Waals surface area (Å²) in [6.07, 6.45) is -5.16. The molecular weight excluding hydrogens is 321 g/mol. The van der Waals surface area contributed by atoms with E-state index in [4.69, 9.17) is 0 Å². The molecule has 120 valence electrons. The van der Waals surface area contributed by atoms with Gasteiger partial charge in [0.25, 0.3) is 5.91 Å². The second-order valence-electron chi connectivity index (χ2n) is 4.54. The zero-order valence-electron chi connectivity index (χ0n) is 11.8. The molecule has 1 fully saturated rings. The zero-order chi connectivity index (χ0) is 16.5. The third kappa shape index (κ3) is 3.13. The van der Waals surface area contributed by atoms with E-state index >= 15 is 0 Å². The van der Waals surface area contributed by atoms with Crippen LogP contribution in [0.1, 0.15) is 5.56 Å². The number of ether oxygens (including phenoxy) is 1. The minimum Gasteiger partial charge on any atom is -0.453 e. The van der Waals surface area contributed by atoms with Crippen molar-refractivity contribution in [2.45, 2.75) is 11.6 Å². The van der Waals surface area contributed by atoms with Crippen molar-refractivity contribution in [3.63, 3.8) is 0 Å². The van der Waals surface area contributed by atoms with E-state index < -0.39 is 29.1 Å². The normalized spacial score (nSPS) is 18.5. The minimum absolute atomic E-state index is 0.146. The number of benzene rings is 1. The number of nitrogens with zero attached hydrogens (tertiary/aromatic N) is 2. The van der Waals surface area contributed by atoms with Gasteiger partial charge in [0.15, 0.2) is 5.37 Å². The van der Waals surface area contributed by atoms with Crippen molar-refractivity contribution < 1.29 is 27.5 Å². The topological polar surface area (TPSA) is 49.9 Å². The third-order valence-electron chi connectivity index (χ3n) is 3.14. The van der Waals surface area contributed by atoms with Crippen molar-refractivity contribution in [3.05, 3.63) is 29.8 Å². The standard InChI is InChI=1S/C13H13F3N2O3S/c1-17(12(20)21-2)11-10(19)18(7-22-11)9-5-3-4-8(6-9)13(14,15)16/h3-6,11H,7H2,1-2H3. The number of hydrogen-bond acceptors (Lipinski definition) is 4. The van der Waals surface area contributed by atoms with E-state index in [0.717, 1.165) is 28.8 Å². The highest BCUT2D eigenvalue weighted by atomic mass is 32.2. The second-order valence-corrected chi connectivity index (χ2v) is 5.58. The predicted molar refractivity (Wildman–Crippen MR) is 75.3 cm³/mol. The van der Waals surface area contributed by atoms with Gasteiger partial charge in [-0.3, -0.25) is 9.69 Å². The lowest BCUT2D eigenvalue weighted by molar-refractivity contribution is -0.137. The molecule has 9 heteroatoms. The summed E-state index contributed by atoms with van der Waals surface area (Å²) >= 11 is 1.14. The molecule has 1 atom stereocenters. The van der Waals surface area contributed by atoms with Crippen LogP contribution in [0.15, 0.2) is 24.3 Å². The van der Waals surface area contributed by atoms with Crippen molar-refractivity contribution in [1.82, 2.24) is 4.90 Å². The van der Waals surface area contributed by atoms with Crippen LogP contribution in [0.3, 0.4) is 0 Å². The number of amides is 2. The maximum atomic E-state index is 12.7. The third-order valence-corrected chi connectivity index (χ3v) is 4.38. The molecule has 1 heterocycles. The molecule has 1 aliphatic heterocycles. The summed E-state index contributed by atoms with van der Waals surface area (Å²) < 4.78 is 42.7. The van der Waals surface area contributed by atoms with E-state index in [-0.39, 0.29) is 11.6 Å². The number of carbonyl (C=O) groups excluding carboxylic acids is 2. The number of alkyl halides is 3. The number of rotatable bonds is 2. The van der Waals surface area contributed by atoms with E-state index in [2.05, 4.69) is 4.74 Å². The SMILES string of the molecule is COC(=O)N(C)C1SCN(c2cccc(C(F)(F)F)c2)C1=O. The largest absolute Gasteiger partial charge is 0.453 e. The van der Waals surface area contributed by atoms with Crippen molar-refractivity contribution in [2.24, 2.45) is 0 Å². The summed E-state index contributed by atoms with van der Waals surface area (Å²) in [5.74, 6) is -0.302. The Labute approximate surface area is 129 Å². The lowest BCUT2D eigenvalue weighted by Crippen LogP contribution is -2.42. The average Bonchev–Trinajstić information content (AvgIpc) is 2.86. The molecule has 0 aliphatic carbocycles. The van der Waals surface area contributed by atoms with E-state index in [9.17, 15) is 22.8 Å². The van der Waals surface area contributed by atoms with Gasteiger partial charge in [-0.25, -0.2) is 4.79 Å². The van der Waals surface area contributed by atoms with Gasteiger partial charge in [0, 0.05) is 12.7 Å². The van der Waals surface area contributed by atoms with E-state index in [0.29, 0.717) is 0 Å². The van der Waals surface area contributed by atoms with Crippen LogP contribution in [0.4, 0.5) is 23.7 Å². The van der Waals surface area contributed by atoms with Gasteiger partial charge in [-0.05, 0) is 18.2 Å². The van der Waals surface area contributed by atoms with Crippen molar-refractivity contribution in [1.29, 1.82) is 0 Å². The summed E-state index contributed by atoms with van der Waals surface area (Å²) in [5, 5.41) is -0.818. The number of methoxy groups -OCH3 is 1. The van der Waals surface area contributed by atoms with Gasteiger partial charge in [-0.1, -0.05) is 6.07 Å². The molecule has 0 radical (unpaired) electrons. The molecule has 0 bridgehead atoms. The highest BCUT2D eigenvalue weighted by molar-refractivity contribution is 8.01. The van der Waals surface area contributed by atoms with Gasteiger partial charge in [-0.15, -0.1) is 11.8 Å². The Hall–Kier alpha value is -1.90. The molecule has 22 heavy (non-hydrogen) atoms. The highest BCUT2D eigenvalue weighted by Crippen LogP contribution is 2.35. The summed E-state index contributed by atoms with van der Waals surface area (Å²) in [6.45, 7) is 0. The Bertz CT molecular complexity index is 594. The summed E-state index contributed by atoms with van der Waals surface area (Å²) in [4.78, 5) is 26.1. The van der Waals surface area contributed by atoms with Crippen LogP contribution in [0.2, 0.25) is 0 Å². The van der Waals surface area contributed by atoms with E-state index in [1.165, 1.54) is 31.2 Å². The van der Waals surface area contributed by atoms with Crippen LogP contribution in [0.25, 0.3) is 0 Å². The molecule has 2 amide bonds. The monoisotopic (exact) mass is 334 g/mol. The Kier molecular flexibility index (Phi) is 4.55. The molecule has 1 aliphatic rings. The van der Waals surface area contributed by atoms with Crippen LogP contribution < -0.4 is 4.90 Å². The number of hydrogen-bond donors (Lipinski definition) is 0. The minimum atomic E-state index is -4.48. The predicted octanol–water partition coefficient (Wildman–Crippen LogP) is 2.77. The van der Waals surface area contributed by atoms with Crippen LogP contribution >= 0.6 is 11.8 Å². The number of halogens is 3. The van der Waals surface area contributed by atoms with Gasteiger partial charge >= 0.3 is 12.3 Å². The first kappa shape index (κ1) is 16.5. The van der Waals surface area contributed by atoms with Gasteiger partial charge in [0.1, 0.15) is 0 Å². The van der Waals surface area contributed by atoms with E-state index in [1.807, 2.05) is 0 Å². The van der Waals surface area contributed by atoms with Gasteiger partial charge in [-0.2, -0.15) is 13.2 Å². The van der Waals surface area contributed by atoms with Crippen LogP contribution in [0.5, 0.6) is 0 Å². The van der Waals surface area contributed by atoms with Crippen LogP contribution in [-0.4, -0.2) is 42.3 Å². The molecule has 0 spiro atoms. The van der Waals surface area contributed by atoms with Crippen LogP contribution in [0, 0.1) is 0 Å². The quantitative estimate of drug-likeness (QED) is 0.834. The number of carbonyl (C=O) groups is 2. The average molecular weight is 334 g/mol. The second kappa shape index (κ2) is 6.07. The molecular formula is C13H13F3N2O3S. The number of thioether (sulfide) groups is 1. The maximum Gasteiger partial charge on any atom is 0.416 e. The van der Waals surface area contributed by atoms with Gasteiger partial charge < -0.3 is 9.64 Å². The van der Waals surface area contributed by atoms with Crippen molar-refractivity contribution in [3.8, 4) is 0 Å². The lowest BCUT2D eigenvalue weighted by atomic mass is 10.2. The Morgan fingerprint density at radius 2 is 2.14 bits per heavy atom.